The van der Waals surface area contributed by atoms with E-state index in [4.69, 9.17) is 0 Å². The molecule has 2 aromatic carbocycles. The third kappa shape index (κ3) is 4.95. The van der Waals surface area contributed by atoms with Crippen LogP contribution in [0.5, 0.6) is 0 Å². The predicted octanol–water partition coefficient (Wildman–Crippen LogP) is 3.51. The van der Waals surface area contributed by atoms with Crippen molar-refractivity contribution in [2.45, 2.75) is 40.2 Å². The van der Waals surface area contributed by atoms with Gasteiger partial charge in [0.25, 0.3) is 0 Å². The molecule has 0 unspecified atom stereocenters. The Bertz CT molecular complexity index is 738. The van der Waals surface area contributed by atoms with Crippen LogP contribution in [-0.4, -0.2) is 11.8 Å². The van der Waals surface area contributed by atoms with E-state index in [2.05, 4.69) is 10.6 Å². The highest BCUT2D eigenvalue weighted by molar-refractivity contribution is 6.04. The van der Waals surface area contributed by atoms with Crippen LogP contribution in [0, 0.1) is 13.8 Å². The number of aryl methyl sites for hydroxylation is 3. The van der Waals surface area contributed by atoms with E-state index in [1.165, 1.54) is 0 Å². The van der Waals surface area contributed by atoms with E-state index >= 15 is 0 Å². The first-order valence-electron chi connectivity index (χ1n) is 8.20. The maximum atomic E-state index is 12.1. The first-order valence-corrected chi connectivity index (χ1v) is 8.20. The lowest BCUT2D eigenvalue weighted by Gasteiger charge is -2.13. The molecule has 2 rings (SSSR count). The fourth-order valence-electron chi connectivity index (χ4n) is 2.62. The molecule has 24 heavy (non-hydrogen) atoms. The number of para-hydroxylation sites is 1. The summed E-state index contributed by atoms with van der Waals surface area (Å²) in [6.45, 7) is 6.43. The highest BCUT2D eigenvalue weighted by Crippen LogP contribution is 2.21. The smallest absolute Gasteiger partial charge is 0.233 e. The molecule has 0 aliphatic carbocycles. The number of amides is 2. The molecule has 0 aliphatic heterocycles. The van der Waals surface area contributed by atoms with E-state index in [9.17, 15) is 9.59 Å². The van der Waals surface area contributed by atoms with E-state index in [1.54, 1.807) is 0 Å². The predicted molar refractivity (Wildman–Crippen MR) is 96.8 cm³/mol. The van der Waals surface area contributed by atoms with Gasteiger partial charge >= 0.3 is 0 Å². The number of benzene rings is 2. The zero-order chi connectivity index (χ0) is 17.5. The minimum Gasteiger partial charge on any atom is -0.352 e. The first kappa shape index (κ1) is 17.7. The molecule has 0 radical (unpaired) electrons. The summed E-state index contributed by atoms with van der Waals surface area (Å²) in [4.78, 5) is 24.1. The zero-order valence-corrected chi connectivity index (χ0v) is 14.5. The average Bonchev–Trinajstić information content (AvgIpc) is 2.55. The molecule has 0 aliphatic rings. The van der Waals surface area contributed by atoms with Crippen LogP contribution in [0.15, 0.2) is 42.5 Å². The van der Waals surface area contributed by atoms with Crippen LogP contribution >= 0.6 is 0 Å². The second-order valence-corrected chi connectivity index (χ2v) is 5.95. The van der Waals surface area contributed by atoms with E-state index in [0.717, 1.165) is 34.4 Å². The van der Waals surface area contributed by atoms with Gasteiger partial charge < -0.3 is 10.6 Å². The van der Waals surface area contributed by atoms with Crippen LogP contribution in [-0.2, 0) is 22.6 Å². The number of anilines is 1. The Morgan fingerprint density at radius 2 is 1.75 bits per heavy atom. The summed E-state index contributed by atoms with van der Waals surface area (Å²) in [5, 5.41) is 5.65. The van der Waals surface area contributed by atoms with Gasteiger partial charge in [-0.05, 0) is 37.0 Å². The molecule has 0 saturated heterocycles. The molecule has 4 nitrogen and oxygen atoms in total. The maximum Gasteiger partial charge on any atom is 0.233 e. The van der Waals surface area contributed by atoms with Crippen molar-refractivity contribution in [2.24, 2.45) is 0 Å². The summed E-state index contributed by atoms with van der Waals surface area (Å²) < 4.78 is 0. The van der Waals surface area contributed by atoms with E-state index < -0.39 is 0 Å². The van der Waals surface area contributed by atoms with Crippen LogP contribution in [0.25, 0.3) is 0 Å². The highest BCUT2D eigenvalue weighted by Gasteiger charge is 2.12. The molecular formula is C20H24N2O2. The molecule has 0 atom stereocenters. The van der Waals surface area contributed by atoms with Gasteiger partial charge in [0.05, 0.1) is 0 Å². The molecule has 2 aromatic rings. The van der Waals surface area contributed by atoms with E-state index in [0.29, 0.717) is 6.54 Å². The lowest BCUT2D eigenvalue weighted by Crippen LogP contribution is -2.28. The van der Waals surface area contributed by atoms with Gasteiger partial charge in [0, 0.05) is 12.2 Å². The van der Waals surface area contributed by atoms with Gasteiger partial charge in [0.15, 0.2) is 0 Å². The van der Waals surface area contributed by atoms with Gasteiger partial charge in [-0.15, -0.1) is 0 Å². The fraction of sp³-hybridized carbons (Fsp3) is 0.300. The summed E-state index contributed by atoms with van der Waals surface area (Å²) in [6, 6.07) is 13.8. The first-order chi connectivity index (χ1) is 11.5. The van der Waals surface area contributed by atoms with Crippen LogP contribution in [0.2, 0.25) is 0 Å². The van der Waals surface area contributed by atoms with Gasteiger partial charge in [-0.1, -0.05) is 55.0 Å². The number of carbonyl (C=O) groups excluding carboxylic acids is 2. The van der Waals surface area contributed by atoms with Crippen molar-refractivity contribution in [3.8, 4) is 0 Å². The average molecular weight is 324 g/mol. The molecule has 0 aromatic heterocycles. The minimum absolute atomic E-state index is 0.177. The van der Waals surface area contributed by atoms with Crippen LogP contribution < -0.4 is 10.6 Å². The maximum absolute atomic E-state index is 12.1. The van der Waals surface area contributed by atoms with E-state index in [-0.39, 0.29) is 18.2 Å². The zero-order valence-electron chi connectivity index (χ0n) is 14.5. The van der Waals surface area contributed by atoms with Gasteiger partial charge in [0.1, 0.15) is 6.42 Å². The molecule has 0 saturated carbocycles. The van der Waals surface area contributed by atoms with Crippen LogP contribution in [0.4, 0.5) is 5.69 Å². The Labute approximate surface area is 143 Å². The van der Waals surface area contributed by atoms with Gasteiger partial charge in [-0.3, -0.25) is 9.59 Å². The van der Waals surface area contributed by atoms with Crippen molar-refractivity contribution < 1.29 is 9.59 Å². The van der Waals surface area contributed by atoms with E-state index in [1.807, 2.05) is 63.2 Å². The molecular weight excluding hydrogens is 300 g/mol. The number of rotatable bonds is 6. The topological polar surface area (TPSA) is 58.2 Å². The quantitative estimate of drug-likeness (QED) is 0.799. The third-order valence-corrected chi connectivity index (χ3v) is 3.90. The molecule has 4 heteroatoms. The molecule has 126 valence electrons. The second kappa shape index (κ2) is 8.29. The normalized spacial score (nSPS) is 10.3. The second-order valence-electron chi connectivity index (χ2n) is 5.95. The fourth-order valence-corrected chi connectivity index (χ4v) is 2.62. The number of hydrogen-bond acceptors (Lipinski definition) is 2. The highest BCUT2D eigenvalue weighted by atomic mass is 16.2. The molecule has 2 amide bonds. The minimum atomic E-state index is -0.291. The van der Waals surface area contributed by atoms with Crippen molar-refractivity contribution in [1.82, 2.24) is 5.32 Å². The van der Waals surface area contributed by atoms with Crippen LogP contribution in [0.3, 0.4) is 0 Å². The van der Waals surface area contributed by atoms with Crippen molar-refractivity contribution in [2.75, 3.05) is 5.32 Å². The van der Waals surface area contributed by atoms with Gasteiger partial charge in [0.2, 0.25) is 11.8 Å². The molecule has 2 N–H and O–H groups in total. The summed E-state index contributed by atoms with van der Waals surface area (Å²) in [5.74, 6) is -0.568. The molecule has 0 spiro atoms. The van der Waals surface area contributed by atoms with Gasteiger partial charge in [-0.25, -0.2) is 0 Å². The standard InChI is InChI=1S/C20H24N2O2/c1-4-17-10-6-8-15(3)20(17)22-19(24)12-18(23)21-13-16-9-5-7-14(2)11-16/h5-11H,4,12-13H2,1-3H3,(H,21,23)(H,22,24). The molecule has 0 bridgehead atoms. The molecule has 0 heterocycles. The Kier molecular flexibility index (Phi) is 6.13. The third-order valence-electron chi connectivity index (χ3n) is 3.90. The van der Waals surface area contributed by atoms with Gasteiger partial charge in [-0.2, -0.15) is 0 Å². The largest absolute Gasteiger partial charge is 0.352 e. The Balaban J connectivity index is 1.89. The van der Waals surface area contributed by atoms with Crippen molar-refractivity contribution in [3.63, 3.8) is 0 Å². The SMILES string of the molecule is CCc1cccc(C)c1NC(=O)CC(=O)NCc1cccc(C)c1. The summed E-state index contributed by atoms with van der Waals surface area (Å²) in [5.41, 5.74) is 5.06. The summed E-state index contributed by atoms with van der Waals surface area (Å²) in [6.07, 6.45) is 0.653. The number of hydrogen-bond donors (Lipinski definition) is 2. The molecule has 0 fully saturated rings. The van der Waals surface area contributed by atoms with Crippen molar-refractivity contribution >= 4 is 17.5 Å². The Morgan fingerprint density at radius 1 is 1.00 bits per heavy atom. The lowest BCUT2D eigenvalue weighted by molar-refractivity contribution is -0.126. The van der Waals surface area contributed by atoms with Crippen molar-refractivity contribution in [1.29, 1.82) is 0 Å². The number of nitrogens with one attached hydrogen (secondary N) is 2. The summed E-state index contributed by atoms with van der Waals surface area (Å²) in [7, 11) is 0. The van der Waals surface area contributed by atoms with Crippen LogP contribution in [0.1, 0.15) is 35.6 Å². The monoisotopic (exact) mass is 324 g/mol. The number of carbonyl (C=O) groups is 2. The van der Waals surface area contributed by atoms with Crippen molar-refractivity contribution in [3.05, 3.63) is 64.7 Å². The Morgan fingerprint density at radius 3 is 2.46 bits per heavy atom. The summed E-state index contributed by atoms with van der Waals surface area (Å²) >= 11 is 0. The lowest BCUT2D eigenvalue weighted by atomic mass is 10.1. The Hall–Kier alpha value is -2.62.